The zero-order chi connectivity index (χ0) is 13.6. The molecule has 0 N–H and O–H groups in total. The lowest BCUT2D eigenvalue weighted by Crippen LogP contribution is -2.42. The van der Waals surface area contributed by atoms with E-state index in [-0.39, 0.29) is 12.6 Å². The van der Waals surface area contributed by atoms with Crippen LogP contribution in [0.4, 0.5) is 0 Å². The van der Waals surface area contributed by atoms with E-state index in [1.807, 2.05) is 0 Å². The fourth-order valence-corrected chi connectivity index (χ4v) is 3.46. The normalized spacial score (nSPS) is 34.2. The van der Waals surface area contributed by atoms with Gasteiger partial charge in [0.1, 0.15) is 13.2 Å². The zero-order valence-electron chi connectivity index (χ0n) is 12.4. The van der Waals surface area contributed by atoms with Gasteiger partial charge in [-0.05, 0) is 25.7 Å². The molecule has 2 atom stereocenters. The predicted molar refractivity (Wildman–Crippen MR) is 75.4 cm³/mol. The molecular weight excluding hydrogens is 256 g/mol. The molecule has 4 nitrogen and oxygen atoms in total. The molecule has 0 amide bonds. The molecule has 4 heteroatoms. The molecule has 0 aromatic rings. The molecule has 20 heavy (non-hydrogen) atoms. The van der Waals surface area contributed by atoms with Gasteiger partial charge in [-0.15, -0.1) is 0 Å². The Bertz CT molecular complexity index is 236. The lowest BCUT2D eigenvalue weighted by Gasteiger charge is -2.35. The molecule has 0 aromatic heterocycles. The third-order valence-electron chi connectivity index (χ3n) is 4.63. The minimum Gasteiger partial charge on any atom is -0.347 e. The molecule has 2 saturated carbocycles. The molecule has 3 aliphatic rings. The first-order valence-electron chi connectivity index (χ1n) is 8.44. The Labute approximate surface area is 122 Å². The molecule has 2 unspecified atom stereocenters. The van der Waals surface area contributed by atoms with Crippen LogP contribution in [0.2, 0.25) is 0 Å². The van der Waals surface area contributed by atoms with Crippen molar-refractivity contribution in [1.82, 2.24) is 0 Å². The van der Waals surface area contributed by atoms with Crippen molar-refractivity contribution in [2.75, 3.05) is 13.2 Å². The van der Waals surface area contributed by atoms with Gasteiger partial charge in [-0.25, -0.2) is 0 Å². The van der Waals surface area contributed by atoms with E-state index in [4.69, 9.17) is 18.9 Å². The molecule has 0 bridgehead atoms. The Morgan fingerprint density at radius 3 is 1.30 bits per heavy atom. The highest BCUT2D eigenvalue weighted by Gasteiger charge is 2.28. The monoisotopic (exact) mass is 284 g/mol. The largest absolute Gasteiger partial charge is 0.347 e. The average molecular weight is 284 g/mol. The summed E-state index contributed by atoms with van der Waals surface area (Å²) >= 11 is 0. The maximum Gasteiger partial charge on any atom is 0.181 e. The molecule has 0 spiro atoms. The summed E-state index contributed by atoms with van der Waals surface area (Å²) < 4.78 is 23.5. The number of rotatable bonds is 4. The van der Waals surface area contributed by atoms with E-state index in [1.54, 1.807) is 0 Å². The van der Waals surface area contributed by atoms with Crippen molar-refractivity contribution in [2.45, 2.75) is 89.0 Å². The average Bonchev–Trinajstić information content (AvgIpc) is 2.51. The number of hydrogen-bond acceptors (Lipinski definition) is 4. The van der Waals surface area contributed by atoms with Gasteiger partial charge in [0, 0.05) is 0 Å². The van der Waals surface area contributed by atoms with E-state index in [0.717, 1.165) is 0 Å². The van der Waals surface area contributed by atoms with Crippen LogP contribution in [0.5, 0.6) is 0 Å². The van der Waals surface area contributed by atoms with Crippen molar-refractivity contribution in [3.8, 4) is 0 Å². The third kappa shape index (κ3) is 4.42. The molecule has 1 heterocycles. The van der Waals surface area contributed by atoms with E-state index in [2.05, 4.69) is 0 Å². The van der Waals surface area contributed by atoms with Crippen molar-refractivity contribution < 1.29 is 18.9 Å². The minimum atomic E-state index is -0.190. The zero-order valence-corrected chi connectivity index (χ0v) is 12.4. The van der Waals surface area contributed by atoms with Gasteiger partial charge in [-0.2, -0.15) is 0 Å². The number of ether oxygens (including phenoxy) is 4. The molecular formula is C16H28O4. The van der Waals surface area contributed by atoms with Crippen LogP contribution >= 0.6 is 0 Å². The first kappa shape index (κ1) is 14.8. The fraction of sp³-hybridized carbons (Fsp3) is 1.00. The van der Waals surface area contributed by atoms with Gasteiger partial charge >= 0.3 is 0 Å². The van der Waals surface area contributed by atoms with Crippen molar-refractivity contribution in [3.05, 3.63) is 0 Å². The second kappa shape index (κ2) is 7.74. The first-order chi connectivity index (χ1) is 9.90. The van der Waals surface area contributed by atoms with Crippen LogP contribution < -0.4 is 0 Å². The Morgan fingerprint density at radius 1 is 0.550 bits per heavy atom. The molecule has 3 rings (SSSR count). The summed E-state index contributed by atoms with van der Waals surface area (Å²) in [5.41, 5.74) is 0. The second-order valence-electron chi connectivity index (χ2n) is 6.32. The Balaban J connectivity index is 1.33. The van der Waals surface area contributed by atoms with Crippen molar-refractivity contribution in [3.63, 3.8) is 0 Å². The summed E-state index contributed by atoms with van der Waals surface area (Å²) in [7, 11) is 0. The lowest BCUT2D eigenvalue weighted by molar-refractivity contribution is -0.309. The van der Waals surface area contributed by atoms with Crippen molar-refractivity contribution in [2.24, 2.45) is 0 Å². The van der Waals surface area contributed by atoms with Crippen molar-refractivity contribution >= 4 is 0 Å². The smallest absolute Gasteiger partial charge is 0.181 e. The van der Waals surface area contributed by atoms with Gasteiger partial charge < -0.3 is 18.9 Å². The van der Waals surface area contributed by atoms with Crippen LogP contribution in [0, 0.1) is 0 Å². The fourth-order valence-electron chi connectivity index (χ4n) is 3.46. The van der Waals surface area contributed by atoms with Crippen molar-refractivity contribution in [1.29, 1.82) is 0 Å². The SMILES string of the molecule is C1CCC(OC2COC(OC3CCCCC3)CO2)CC1. The topological polar surface area (TPSA) is 36.9 Å². The van der Waals surface area contributed by atoms with Gasteiger partial charge in [0.15, 0.2) is 12.6 Å². The predicted octanol–water partition coefficient (Wildman–Crippen LogP) is 3.38. The molecule has 1 aliphatic heterocycles. The highest BCUT2D eigenvalue weighted by atomic mass is 16.8. The third-order valence-corrected chi connectivity index (χ3v) is 4.63. The summed E-state index contributed by atoms with van der Waals surface area (Å²) in [6.45, 7) is 1.02. The maximum absolute atomic E-state index is 5.97. The molecule has 0 radical (unpaired) electrons. The van der Waals surface area contributed by atoms with E-state index in [1.165, 1.54) is 64.2 Å². The highest BCUT2D eigenvalue weighted by Crippen LogP contribution is 2.25. The van der Waals surface area contributed by atoms with Crippen LogP contribution in [-0.2, 0) is 18.9 Å². The molecule has 3 fully saturated rings. The second-order valence-corrected chi connectivity index (χ2v) is 6.32. The van der Waals surface area contributed by atoms with E-state index in [0.29, 0.717) is 25.4 Å². The van der Waals surface area contributed by atoms with E-state index in [9.17, 15) is 0 Å². The summed E-state index contributed by atoms with van der Waals surface area (Å²) in [5.74, 6) is 0. The molecule has 2 aliphatic carbocycles. The molecule has 1 saturated heterocycles. The van der Waals surface area contributed by atoms with Gasteiger partial charge in [0.05, 0.1) is 12.2 Å². The summed E-state index contributed by atoms with van der Waals surface area (Å²) in [4.78, 5) is 0. The summed E-state index contributed by atoms with van der Waals surface area (Å²) in [6.07, 6.45) is 12.9. The van der Waals surface area contributed by atoms with Crippen LogP contribution in [0.3, 0.4) is 0 Å². The standard InChI is InChI=1S/C16H28O4/c1-3-7-13(8-4-1)19-15-11-18-16(12-17-15)20-14-9-5-2-6-10-14/h13-16H,1-12H2. The van der Waals surface area contributed by atoms with E-state index >= 15 is 0 Å². The Hall–Kier alpha value is -0.160. The maximum atomic E-state index is 5.97. The first-order valence-corrected chi connectivity index (χ1v) is 8.44. The van der Waals surface area contributed by atoms with Gasteiger partial charge in [0.2, 0.25) is 0 Å². The lowest BCUT2D eigenvalue weighted by atomic mass is 9.98. The van der Waals surface area contributed by atoms with Gasteiger partial charge in [-0.3, -0.25) is 0 Å². The van der Waals surface area contributed by atoms with Gasteiger partial charge in [-0.1, -0.05) is 38.5 Å². The quantitative estimate of drug-likeness (QED) is 0.793. The molecule has 116 valence electrons. The Morgan fingerprint density at radius 2 is 0.950 bits per heavy atom. The van der Waals surface area contributed by atoms with E-state index < -0.39 is 0 Å². The van der Waals surface area contributed by atoms with Crippen LogP contribution in [0.15, 0.2) is 0 Å². The summed E-state index contributed by atoms with van der Waals surface area (Å²) in [5, 5.41) is 0. The highest BCUT2D eigenvalue weighted by molar-refractivity contribution is 4.69. The minimum absolute atomic E-state index is 0.190. The van der Waals surface area contributed by atoms with Crippen LogP contribution in [0.1, 0.15) is 64.2 Å². The van der Waals surface area contributed by atoms with Crippen LogP contribution in [0.25, 0.3) is 0 Å². The summed E-state index contributed by atoms with van der Waals surface area (Å²) in [6, 6.07) is 0. The van der Waals surface area contributed by atoms with Gasteiger partial charge in [0.25, 0.3) is 0 Å². The molecule has 0 aromatic carbocycles. The number of hydrogen-bond donors (Lipinski definition) is 0. The van der Waals surface area contributed by atoms with Crippen LogP contribution in [-0.4, -0.2) is 38.0 Å². The Kier molecular flexibility index (Phi) is 5.71.